The minimum Gasteiger partial charge on any atom is -0.359 e. The molecular weight excluding hydrogens is 198 g/mol. The Kier molecular flexibility index (Phi) is 2.26. The van der Waals surface area contributed by atoms with Crippen LogP contribution < -0.4 is 5.32 Å². The number of rotatable bonds is 1. The van der Waals surface area contributed by atoms with Gasteiger partial charge in [0.05, 0.1) is 11.0 Å². The molecule has 0 spiro atoms. The highest BCUT2D eigenvalue weighted by atomic mass is 14.9. The lowest BCUT2D eigenvalue weighted by atomic mass is 10.0. The second kappa shape index (κ2) is 3.76. The maximum atomic E-state index is 4.61. The Morgan fingerprint density at radius 2 is 2.25 bits per heavy atom. The summed E-state index contributed by atoms with van der Waals surface area (Å²) in [5, 5.41) is 3.39. The molecule has 0 fully saturated rings. The van der Waals surface area contributed by atoms with Crippen LogP contribution in [0.5, 0.6) is 0 Å². The molecule has 3 heterocycles. The summed E-state index contributed by atoms with van der Waals surface area (Å²) in [6.45, 7) is 4.06. The lowest BCUT2D eigenvalue weighted by molar-refractivity contribution is 0.739. The highest BCUT2D eigenvalue weighted by Gasteiger charge is 2.11. The first-order chi connectivity index (χ1) is 7.84. The Bertz CT molecular complexity index is 551. The van der Waals surface area contributed by atoms with Gasteiger partial charge in [0.25, 0.3) is 0 Å². The lowest BCUT2D eigenvalue weighted by Gasteiger charge is -2.13. The van der Waals surface area contributed by atoms with Gasteiger partial charge in [0.15, 0.2) is 0 Å². The molecule has 2 aromatic heterocycles. The summed E-state index contributed by atoms with van der Waals surface area (Å²) >= 11 is 0. The van der Waals surface area contributed by atoms with Crippen molar-refractivity contribution in [2.24, 2.45) is 0 Å². The van der Waals surface area contributed by atoms with Crippen LogP contribution in [0.1, 0.15) is 17.7 Å². The van der Waals surface area contributed by atoms with Gasteiger partial charge in [-0.25, -0.2) is 0 Å². The largest absolute Gasteiger partial charge is 0.359 e. The highest BCUT2D eigenvalue weighted by molar-refractivity contribution is 5.90. The Hall–Kier alpha value is -1.61. The van der Waals surface area contributed by atoms with E-state index in [1.165, 1.54) is 11.1 Å². The molecule has 0 amide bonds. The van der Waals surface area contributed by atoms with Crippen molar-refractivity contribution in [1.29, 1.82) is 0 Å². The van der Waals surface area contributed by atoms with E-state index in [1.807, 2.05) is 13.0 Å². The normalized spacial score (nSPS) is 16.4. The number of hydrogen-bond acceptors (Lipinski definition) is 2. The molecule has 3 nitrogen and oxygen atoms in total. The van der Waals surface area contributed by atoms with E-state index in [0.29, 0.717) is 0 Å². The average Bonchev–Trinajstić information content (AvgIpc) is 2.73. The summed E-state index contributed by atoms with van der Waals surface area (Å²) in [6.07, 6.45) is 5.48. The fourth-order valence-electron chi connectivity index (χ4n) is 2.19. The predicted octanol–water partition coefficient (Wildman–Crippen LogP) is 2.25. The van der Waals surface area contributed by atoms with E-state index in [2.05, 4.69) is 33.6 Å². The third-order valence-electron chi connectivity index (χ3n) is 3.03. The van der Waals surface area contributed by atoms with Crippen molar-refractivity contribution in [1.82, 2.24) is 15.3 Å². The molecule has 0 bridgehead atoms. The van der Waals surface area contributed by atoms with E-state index in [0.717, 1.165) is 36.2 Å². The molecular formula is C13H15N3. The maximum Gasteiger partial charge on any atom is 0.0957 e. The van der Waals surface area contributed by atoms with Crippen molar-refractivity contribution < 1.29 is 0 Å². The molecule has 16 heavy (non-hydrogen) atoms. The van der Waals surface area contributed by atoms with Crippen molar-refractivity contribution in [3.05, 3.63) is 35.7 Å². The fraction of sp³-hybridized carbons (Fsp3) is 0.308. The zero-order chi connectivity index (χ0) is 11.0. The van der Waals surface area contributed by atoms with Gasteiger partial charge < -0.3 is 10.3 Å². The van der Waals surface area contributed by atoms with Gasteiger partial charge in [-0.3, -0.25) is 4.98 Å². The van der Waals surface area contributed by atoms with Crippen molar-refractivity contribution in [2.45, 2.75) is 13.3 Å². The SMILES string of the molecule is Cc1ccc2[nH]cc(C3=CCCNC3)c2n1. The molecule has 3 heteroatoms. The molecule has 1 aliphatic rings. The molecule has 0 unspecified atom stereocenters. The van der Waals surface area contributed by atoms with E-state index in [1.54, 1.807) is 0 Å². The molecule has 0 aromatic carbocycles. The first kappa shape index (κ1) is 9.60. The summed E-state index contributed by atoms with van der Waals surface area (Å²) < 4.78 is 0. The molecule has 82 valence electrons. The quantitative estimate of drug-likeness (QED) is 0.762. The number of aromatic nitrogens is 2. The number of aromatic amines is 1. The summed E-state index contributed by atoms with van der Waals surface area (Å²) in [5.41, 5.74) is 5.88. The Morgan fingerprint density at radius 1 is 1.31 bits per heavy atom. The van der Waals surface area contributed by atoms with Crippen LogP contribution in [-0.4, -0.2) is 23.1 Å². The zero-order valence-corrected chi connectivity index (χ0v) is 9.38. The van der Waals surface area contributed by atoms with E-state index >= 15 is 0 Å². The molecule has 0 saturated carbocycles. The van der Waals surface area contributed by atoms with Crippen molar-refractivity contribution >= 4 is 16.6 Å². The molecule has 0 radical (unpaired) electrons. The second-order valence-electron chi connectivity index (χ2n) is 4.25. The van der Waals surface area contributed by atoms with Crippen LogP contribution in [0, 0.1) is 6.92 Å². The van der Waals surface area contributed by atoms with Crippen LogP contribution in [0.25, 0.3) is 16.6 Å². The monoisotopic (exact) mass is 213 g/mol. The highest BCUT2D eigenvalue weighted by Crippen LogP contribution is 2.24. The van der Waals surface area contributed by atoms with Gasteiger partial charge in [-0.1, -0.05) is 6.08 Å². The maximum absolute atomic E-state index is 4.61. The van der Waals surface area contributed by atoms with Crippen LogP contribution in [0.15, 0.2) is 24.4 Å². The topological polar surface area (TPSA) is 40.7 Å². The smallest absolute Gasteiger partial charge is 0.0957 e. The third-order valence-corrected chi connectivity index (χ3v) is 3.03. The van der Waals surface area contributed by atoms with Crippen molar-refractivity contribution in [3.63, 3.8) is 0 Å². The Labute approximate surface area is 94.6 Å². The molecule has 3 rings (SSSR count). The van der Waals surface area contributed by atoms with Gasteiger partial charge >= 0.3 is 0 Å². The van der Waals surface area contributed by atoms with Crippen molar-refractivity contribution in [2.75, 3.05) is 13.1 Å². The number of hydrogen-bond donors (Lipinski definition) is 2. The first-order valence-corrected chi connectivity index (χ1v) is 5.69. The lowest BCUT2D eigenvalue weighted by Crippen LogP contribution is -2.21. The number of pyridine rings is 1. The summed E-state index contributed by atoms with van der Waals surface area (Å²) in [6, 6.07) is 4.13. The standard InChI is InChI=1S/C13H15N3/c1-9-4-5-12-13(16-9)11(8-15-12)10-3-2-6-14-7-10/h3-5,8,14-15H,2,6-7H2,1H3. The van der Waals surface area contributed by atoms with E-state index in [4.69, 9.17) is 0 Å². The minimum absolute atomic E-state index is 0.947. The Morgan fingerprint density at radius 3 is 3.06 bits per heavy atom. The van der Waals surface area contributed by atoms with Gasteiger partial charge in [0.1, 0.15) is 0 Å². The summed E-state index contributed by atoms with van der Waals surface area (Å²) in [5.74, 6) is 0. The number of aryl methyl sites for hydroxylation is 1. The first-order valence-electron chi connectivity index (χ1n) is 5.69. The van der Waals surface area contributed by atoms with Crippen LogP contribution in [-0.2, 0) is 0 Å². The van der Waals surface area contributed by atoms with Crippen LogP contribution in [0.4, 0.5) is 0 Å². The van der Waals surface area contributed by atoms with Gasteiger partial charge in [-0.05, 0) is 37.6 Å². The van der Waals surface area contributed by atoms with Gasteiger partial charge in [-0.2, -0.15) is 0 Å². The van der Waals surface area contributed by atoms with Crippen LogP contribution in [0.3, 0.4) is 0 Å². The van der Waals surface area contributed by atoms with Gasteiger partial charge in [0.2, 0.25) is 0 Å². The predicted molar refractivity (Wildman–Crippen MR) is 66.3 cm³/mol. The number of nitrogens with one attached hydrogen (secondary N) is 2. The van der Waals surface area contributed by atoms with Crippen molar-refractivity contribution in [3.8, 4) is 0 Å². The van der Waals surface area contributed by atoms with Gasteiger partial charge in [-0.15, -0.1) is 0 Å². The number of H-pyrrole nitrogens is 1. The minimum atomic E-state index is 0.947. The number of fused-ring (bicyclic) bond motifs is 1. The van der Waals surface area contributed by atoms with Crippen LogP contribution >= 0.6 is 0 Å². The number of nitrogens with zero attached hydrogens (tertiary/aromatic N) is 1. The molecule has 2 N–H and O–H groups in total. The van der Waals surface area contributed by atoms with E-state index in [9.17, 15) is 0 Å². The molecule has 0 aliphatic carbocycles. The fourth-order valence-corrected chi connectivity index (χ4v) is 2.19. The Balaban J connectivity index is 2.16. The summed E-state index contributed by atoms with van der Waals surface area (Å²) in [4.78, 5) is 7.89. The molecule has 0 atom stereocenters. The molecule has 1 aliphatic heterocycles. The zero-order valence-electron chi connectivity index (χ0n) is 9.38. The van der Waals surface area contributed by atoms with E-state index < -0.39 is 0 Å². The van der Waals surface area contributed by atoms with E-state index in [-0.39, 0.29) is 0 Å². The average molecular weight is 213 g/mol. The van der Waals surface area contributed by atoms with Gasteiger partial charge in [0, 0.05) is 24.0 Å². The summed E-state index contributed by atoms with van der Waals surface area (Å²) in [7, 11) is 0. The molecule has 2 aromatic rings. The second-order valence-corrected chi connectivity index (χ2v) is 4.25. The van der Waals surface area contributed by atoms with Crippen LogP contribution in [0.2, 0.25) is 0 Å². The molecule has 0 saturated heterocycles. The third kappa shape index (κ3) is 1.53.